The topological polar surface area (TPSA) is 91.3 Å². The van der Waals surface area contributed by atoms with Gasteiger partial charge in [0.15, 0.2) is 11.2 Å². The fourth-order valence-corrected chi connectivity index (χ4v) is 3.69. The fraction of sp³-hybridized carbons (Fsp3) is 0.292. The van der Waals surface area contributed by atoms with Gasteiger partial charge in [0.05, 0.1) is 6.54 Å². The minimum absolute atomic E-state index is 0.0434. The lowest BCUT2D eigenvalue weighted by molar-refractivity contribution is 0.0174. The third-order valence-electron chi connectivity index (χ3n) is 5.49. The van der Waals surface area contributed by atoms with Crippen molar-refractivity contribution in [3.63, 3.8) is 0 Å². The molecule has 0 radical (unpaired) electrons. The minimum atomic E-state index is -2.99. The lowest BCUT2D eigenvalue weighted by Gasteiger charge is -2.13. The highest BCUT2D eigenvalue weighted by Gasteiger charge is 2.25. The van der Waals surface area contributed by atoms with E-state index in [4.69, 9.17) is 4.74 Å². The third-order valence-corrected chi connectivity index (χ3v) is 5.49. The molecule has 178 valence electrons. The zero-order valence-electron chi connectivity index (χ0n) is 18.7. The summed E-state index contributed by atoms with van der Waals surface area (Å²) in [4.78, 5) is 30.5. The van der Waals surface area contributed by atoms with Crippen molar-refractivity contribution in [2.75, 3.05) is 6.61 Å². The Bertz CT molecular complexity index is 1420. The number of aryl methyl sites for hydroxylation is 1. The van der Waals surface area contributed by atoms with E-state index < -0.39 is 17.2 Å². The highest BCUT2D eigenvalue weighted by Crippen LogP contribution is 2.30. The summed E-state index contributed by atoms with van der Waals surface area (Å²) in [7, 11) is 1.50. The van der Waals surface area contributed by atoms with Gasteiger partial charge in [0.1, 0.15) is 5.75 Å². The van der Waals surface area contributed by atoms with E-state index >= 15 is 0 Å². The van der Waals surface area contributed by atoms with Gasteiger partial charge in [0.2, 0.25) is 0 Å². The average Bonchev–Trinajstić information content (AvgIpc) is 3.16. The smallest absolute Gasteiger partial charge is 0.332 e. The van der Waals surface area contributed by atoms with Gasteiger partial charge in [0.25, 0.3) is 11.5 Å². The van der Waals surface area contributed by atoms with Crippen molar-refractivity contribution in [2.45, 2.75) is 32.4 Å². The van der Waals surface area contributed by atoms with Crippen molar-refractivity contribution < 1.29 is 18.6 Å². The molecule has 0 fully saturated rings. The molecule has 1 N–H and O–H groups in total. The molecule has 2 aromatic carbocycles. The predicted molar refractivity (Wildman–Crippen MR) is 123 cm³/mol. The van der Waals surface area contributed by atoms with Gasteiger partial charge in [0, 0.05) is 32.7 Å². The SMILES string of the molecule is Cn1c(=O)n(CCCO)c(=O)c2c1nc(Oc1ccc(C(C)(F)F)cc1)n2Cc1ccccc1. The first-order chi connectivity index (χ1) is 16.2. The van der Waals surface area contributed by atoms with Crippen LogP contribution in [0.15, 0.2) is 64.2 Å². The lowest BCUT2D eigenvalue weighted by Crippen LogP contribution is -2.39. The van der Waals surface area contributed by atoms with Crippen LogP contribution in [0, 0.1) is 0 Å². The second-order valence-corrected chi connectivity index (χ2v) is 8.03. The van der Waals surface area contributed by atoms with E-state index in [9.17, 15) is 23.5 Å². The van der Waals surface area contributed by atoms with Crippen molar-refractivity contribution in [1.82, 2.24) is 18.7 Å². The number of aromatic nitrogens is 4. The molecule has 8 nitrogen and oxygen atoms in total. The zero-order chi connectivity index (χ0) is 24.5. The number of hydrogen-bond donors (Lipinski definition) is 1. The molecule has 4 aromatic rings. The highest BCUT2D eigenvalue weighted by atomic mass is 19.3. The molecule has 0 aliphatic rings. The first-order valence-corrected chi connectivity index (χ1v) is 10.7. The Kier molecular flexibility index (Phi) is 6.34. The second kappa shape index (κ2) is 9.22. The fourth-order valence-electron chi connectivity index (χ4n) is 3.69. The van der Waals surface area contributed by atoms with Crippen LogP contribution in [0.3, 0.4) is 0 Å². The number of aliphatic hydroxyl groups excluding tert-OH is 1. The molecule has 0 aliphatic heterocycles. The third kappa shape index (κ3) is 4.49. The van der Waals surface area contributed by atoms with Crippen molar-refractivity contribution in [2.24, 2.45) is 7.05 Å². The van der Waals surface area contributed by atoms with Gasteiger partial charge in [-0.2, -0.15) is 4.98 Å². The van der Waals surface area contributed by atoms with Crippen molar-refractivity contribution in [3.05, 3.63) is 86.6 Å². The molecule has 2 aromatic heterocycles. The Morgan fingerprint density at radius 3 is 2.32 bits per heavy atom. The Hall–Kier alpha value is -3.79. The van der Waals surface area contributed by atoms with E-state index in [1.165, 1.54) is 35.9 Å². The minimum Gasteiger partial charge on any atom is -0.425 e. The zero-order valence-corrected chi connectivity index (χ0v) is 18.7. The summed E-state index contributed by atoms with van der Waals surface area (Å²) in [6.07, 6.45) is 0.241. The molecule has 2 heterocycles. The molecule has 0 spiro atoms. The number of nitrogens with zero attached hydrogens (tertiary/aromatic N) is 4. The van der Waals surface area contributed by atoms with Crippen LogP contribution >= 0.6 is 0 Å². The number of imidazole rings is 1. The number of ether oxygens (including phenoxy) is 1. The van der Waals surface area contributed by atoms with E-state index in [0.29, 0.717) is 0 Å². The number of fused-ring (bicyclic) bond motifs is 1. The van der Waals surface area contributed by atoms with Crippen molar-refractivity contribution in [3.8, 4) is 11.8 Å². The van der Waals surface area contributed by atoms with Crippen molar-refractivity contribution >= 4 is 11.2 Å². The molecule has 0 bridgehead atoms. The first-order valence-electron chi connectivity index (χ1n) is 10.7. The monoisotopic (exact) mass is 470 g/mol. The normalized spacial score (nSPS) is 11.8. The molecule has 0 atom stereocenters. The predicted octanol–water partition coefficient (Wildman–Crippen LogP) is 3.23. The number of hydrogen-bond acceptors (Lipinski definition) is 5. The van der Waals surface area contributed by atoms with Gasteiger partial charge in [-0.1, -0.05) is 30.3 Å². The largest absolute Gasteiger partial charge is 0.425 e. The van der Waals surface area contributed by atoms with Gasteiger partial charge < -0.3 is 9.84 Å². The summed E-state index contributed by atoms with van der Waals surface area (Å²) in [6.45, 7) is 0.922. The van der Waals surface area contributed by atoms with E-state index in [1.807, 2.05) is 30.3 Å². The van der Waals surface area contributed by atoms with Crippen molar-refractivity contribution in [1.29, 1.82) is 0 Å². The number of rotatable bonds is 8. The van der Waals surface area contributed by atoms with Crippen LogP contribution in [-0.4, -0.2) is 30.4 Å². The summed E-state index contributed by atoms with van der Waals surface area (Å²) in [6, 6.07) is 14.7. The van der Waals surface area contributed by atoms with E-state index in [2.05, 4.69) is 4.98 Å². The molecule has 4 rings (SSSR count). The average molecular weight is 470 g/mol. The standard InChI is InChI=1S/C24H24F2N4O4/c1-24(25,26)17-9-11-18(12-10-17)34-22-27-20-19(30(22)15-16-7-4-3-5-8-16)21(32)29(13-6-14-31)23(33)28(20)2/h3-5,7-12,31H,6,13-15H2,1-2H3. The van der Waals surface area contributed by atoms with Gasteiger partial charge in [-0.3, -0.25) is 18.5 Å². The summed E-state index contributed by atoms with van der Waals surface area (Å²) in [5.74, 6) is -2.74. The highest BCUT2D eigenvalue weighted by molar-refractivity contribution is 5.72. The molecule has 0 aliphatic carbocycles. The first kappa shape index (κ1) is 23.4. The Morgan fingerprint density at radius 1 is 1.03 bits per heavy atom. The number of aliphatic hydroxyl groups is 1. The molecule has 0 saturated heterocycles. The van der Waals surface area contributed by atoms with Crippen LogP contribution in [0.25, 0.3) is 11.2 Å². The van der Waals surface area contributed by atoms with Crippen LogP contribution < -0.4 is 16.0 Å². The molecule has 0 amide bonds. The Morgan fingerprint density at radius 2 is 1.71 bits per heavy atom. The molecule has 0 saturated carbocycles. The van der Waals surface area contributed by atoms with Gasteiger partial charge in [-0.15, -0.1) is 0 Å². The Balaban J connectivity index is 1.87. The maximum atomic E-state index is 13.6. The number of benzene rings is 2. The van der Waals surface area contributed by atoms with Crippen LogP contribution in [0.2, 0.25) is 0 Å². The molecular formula is C24H24F2N4O4. The summed E-state index contributed by atoms with van der Waals surface area (Å²) >= 11 is 0. The van der Waals surface area contributed by atoms with Gasteiger partial charge in [-0.25, -0.2) is 13.6 Å². The maximum absolute atomic E-state index is 13.6. The Labute approximate surface area is 193 Å². The summed E-state index contributed by atoms with van der Waals surface area (Å²) in [5.41, 5.74) is -0.106. The van der Waals surface area contributed by atoms with Gasteiger partial charge in [-0.05, 0) is 36.2 Å². The second-order valence-electron chi connectivity index (χ2n) is 8.03. The number of halogens is 2. The lowest BCUT2D eigenvalue weighted by atomic mass is 10.1. The number of alkyl halides is 2. The van der Waals surface area contributed by atoms with Crippen LogP contribution in [-0.2, 0) is 26.1 Å². The summed E-state index contributed by atoms with van der Waals surface area (Å²) in [5, 5.41) is 9.17. The van der Waals surface area contributed by atoms with E-state index in [-0.39, 0.29) is 54.6 Å². The summed E-state index contributed by atoms with van der Waals surface area (Å²) < 4.78 is 36.9. The van der Waals surface area contributed by atoms with Gasteiger partial charge >= 0.3 is 11.7 Å². The van der Waals surface area contributed by atoms with Crippen LogP contribution in [0.4, 0.5) is 8.78 Å². The van der Waals surface area contributed by atoms with E-state index in [0.717, 1.165) is 17.1 Å². The molecule has 34 heavy (non-hydrogen) atoms. The molecule has 0 unspecified atom stereocenters. The molecular weight excluding hydrogens is 446 g/mol. The van der Waals surface area contributed by atoms with Crippen LogP contribution in [0.5, 0.6) is 11.8 Å². The van der Waals surface area contributed by atoms with Crippen LogP contribution in [0.1, 0.15) is 24.5 Å². The molecule has 10 heteroatoms. The quantitative estimate of drug-likeness (QED) is 0.427. The maximum Gasteiger partial charge on any atom is 0.332 e. The van der Waals surface area contributed by atoms with E-state index in [1.54, 1.807) is 4.57 Å².